The van der Waals surface area contributed by atoms with Crippen molar-refractivity contribution >= 4 is 18.0 Å². The molecule has 0 aliphatic carbocycles. The number of carbonyl (C=O) groups is 1. The van der Waals surface area contributed by atoms with Gasteiger partial charge in [0.1, 0.15) is 17.7 Å². The van der Waals surface area contributed by atoms with Gasteiger partial charge in [0.05, 0.1) is 0 Å². The Hall–Kier alpha value is -2.45. The highest BCUT2D eigenvalue weighted by Gasteiger charge is 2.37. The number of aliphatic imine (C=N–C) groups is 1. The summed E-state index contributed by atoms with van der Waals surface area (Å²) in [7, 11) is 2.14. The second kappa shape index (κ2) is 14.1. The van der Waals surface area contributed by atoms with Crippen LogP contribution in [0.4, 0.5) is 0 Å². The number of ether oxygens (including phenoxy) is 1. The van der Waals surface area contributed by atoms with Crippen molar-refractivity contribution in [3.8, 4) is 0 Å². The zero-order chi connectivity index (χ0) is 25.1. The van der Waals surface area contributed by atoms with Gasteiger partial charge in [0.25, 0.3) is 5.91 Å². The molecule has 3 unspecified atom stereocenters. The number of rotatable bonds is 15. The van der Waals surface area contributed by atoms with Crippen LogP contribution in [0.15, 0.2) is 46.4 Å². The molecule has 2 aliphatic rings. The van der Waals surface area contributed by atoms with Crippen LogP contribution in [-0.2, 0) is 9.53 Å². The highest BCUT2D eigenvalue weighted by atomic mass is 16.5. The first kappa shape index (κ1) is 27.8. The molecule has 2 N–H and O–H groups in total. The molecule has 0 aromatic rings. The number of fused-ring (bicyclic) bond motifs is 1. The predicted octanol–water partition coefficient (Wildman–Crippen LogP) is 3.71. The summed E-state index contributed by atoms with van der Waals surface area (Å²) >= 11 is 0. The Labute approximate surface area is 205 Å². The molecule has 0 aromatic carbocycles. The van der Waals surface area contributed by atoms with Gasteiger partial charge in [-0.2, -0.15) is 5.10 Å². The Kier molecular flexibility index (Phi) is 11.5. The minimum absolute atomic E-state index is 0.0351. The van der Waals surface area contributed by atoms with Gasteiger partial charge in [-0.3, -0.25) is 9.79 Å². The number of nitrogens with zero attached hydrogens (tertiary/aromatic N) is 4. The molecule has 0 saturated carbocycles. The highest BCUT2D eigenvalue weighted by molar-refractivity contribution is 6.07. The Balaban J connectivity index is 2.01. The SMILES string of the molecule is C=C/C=N\C(=C/C)CCN(C)CC(CC1=NN2C(=CNC2C(C)CCOCC)C(=O)N1)C(C)C. The lowest BCUT2D eigenvalue weighted by molar-refractivity contribution is -0.118. The van der Waals surface area contributed by atoms with Gasteiger partial charge in [0.2, 0.25) is 0 Å². The third-order valence-electron chi connectivity index (χ3n) is 6.45. The van der Waals surface area contributed by atoms with Gasteiger partial charge in [0.15, 0.2) is 0 Å². The molecule has 8 nitrogen and oxygen atoms in total. The van der Waals surface area contributed by atoms with E-state index in [4.69, 9.17) is 9.84 Å². The lowest BCUT2D eigenvalue weighted by Crippen LogP contribution is -2.48. The van der Waals surface area contributed by atoms with E-state index in [1.165, 1.54) is 0 Å². The molecule has 0 bridgehead atoms. The van der Waals surface area contributed by atoms with E-state index in [0.717, 1.165) is 43.9 Å². The lowest BCUT2D eigenvalue weighted by atomic mass is 9.91. The minimum Gasteiger partial charge on any atom is -0.382 e. The van der Waals surface area contributed by atoms with Gasteiger partial charge in [-0.25, -0.2) is 5.01 Å². The van der Waals surface area contributed by atoms with Gasteiger partial charge in [-0.05, 0) is 45.1 Å². The van der Waals surface area contributed by atoms with Crippen molar-refractivity contribution < 1.29 is 9.53 Å². The van der Waals surface area contributed by atoms with Crippen molar-refractivity contribution in [1.29, 1.82) is 0 Å². The third-order valence-corrected chi connectivity index (χ3v) is 6.45. The first-order valence-corrected chi connectivity index (χ1v) is 12.5. The monoisotopic (exact) mass is 472 g/mol. The molecule has 1 amide bonds. The highest BCUT2D eigenvalue weighted by Crippen LogP contribution is 2.27. The summed E-state index contributed by atoms with van der Waals surface area (Å²) in [6.07, 6.45) is 9.73. The van der Waals surface area contributed by atoms with E-state index in [9.17, 15) is 4.79 Å². The smallest absolute Gasteiger partial charge is 0.276 e. The van der Waals surface area contributed by atoms with Crippen LogP contribution in [0, 0.1) is 17.8 Å². The molecule has 2 heterocycles. The van der Waals surface area contributed by atoms with Crippen molar-refractivity contribution in [3.05, 3.63) is 36.3 Å². The van der Waals surface area contributed by atoms with Crippen LogP contribution in [0.25, 0.3) is 0 Å². The van der Waals surface area contributed by atoms with Gasteiger partial charge in [-0.1, -0.05) is 39.5 Å². The van der Waals surface area contributed by atoms with E-state index in [1.54, 1.807) is 18.5 Å². The van der Waals surface area contributed by atoms with Crippen LogP contribution in [0.1, 0.15) is 53.9 Å². The van der Waals surface area contributed by atoms with E-state index in [2.05, 4.69) is 54.9 Å². The summed E-state index contributed by atoms with van der Waals surface area (Å²) < 4.78 is 5.52. The summed E-state index contributed by atoms with van der Waals surface area (Å²) in [5, 5.41) is 13.1. The largest absolute Gasteiger partial charge is 0.382 e. The normalized spacial score (nSPS) is 20.2. The predicted molar refractivity (Wildman–Crippen MR) is 140 cm³/mol. The molecular formula is C26H44N6O2. The molecule has 0 aromatic heterocycles. The summed E-state index contributed by atoms with van der Waals surface area (Å²) in [4.78, 5) is 19.5. The number of amidine groups is 1. The standard InChI is InChI=1S/C26H44N6O2/c1-8-13-27-22(9-2)11-14-31(7)18-21(19(4)5)16-24-29-26(33)23-17-28-25(32(23)30-24)20(6)12-15-34-10-3/h8-9,13,17,19-21,25,28H,1,10-12,14-16,18H2,2-7H3,(H,29,30,33)/b22-9-,27-13-. The number of allylic oxidation sites excluding steroid dienone is 2. The molecule has 0 saturated heterocycles. The maximum atomic E-state index is 12.8. The van der Waals surface area contributed by atoms with E-state index >= 15 is 0 Å². The minimum atomic E-state index is -0.0920. The fourth-order valence-corrected chi connectivity index (χ4v) is 4.14. The average molecular weight is 473 g/mol. The molecular weight excluding hydrogens is 428 g/mol. The van der Waals surface area contributed by atoms with Crippen LogP contribution < -0.4 is 10.6 Å². The molecule has 3 atom stereocenters. The van der Waals surface area contributed by atoms with Crippen LogP contribution in [0.3, 0.4) is 0 Å². The fraction of sp³-hybridized carbons (Fsp3) is 0.654. The number of carbonyl (C=O) groups excluding carboxylic acids is 1. The summed E-state index contributed by atoms with van der Waals surface area (Å²) in [5.41, 5.74) is 1.64. The van der Waals surface area contributed by atoms with E-state index in [-0.39, 0.29) is 18.0 Å². The van der Waals surface area contributed by atoms with Gasteiger partial charge in [-0.15, -0.1) is 0 Å². The van der Waals surface area contributed by atoms with Crippen molar-refractivity contribution in [2.24, 2.45) is 27.8 Å². The van der Waals surface area contributed by atoms with Crippen LogP contribution in [-0.4, -0.2) is 67.4 Å². The molecule has 2 rings (SSSR count). The second-order valence-corrected chi connectivity index (χ2v) is 9.46. The molecule has 0 fully saturated rings. The summed E-state index contributed by atoms with van der Waals surface area (Å²) in [5.74, 6) is 1.75. The zero-order valence-electron chi connectivity index (χ0n) is 21.9. The zero-order valence-corrected chi connectivity index (χ0v) is 21.9. The van der Waals surface area contributed by atoms with Crippen LogP contribution in [0.2, 0.25) is 0 Å². The summed E-state index contributed by atoms with van der Waals surface area (Å²) in [6.45, 7) is 17.6. The van der Waals surface area contributed by atoms with E-state index in [1.807, 2.05) is 24.9 Å². The van der Waals surface area contributed by atoms with E-state index in [0.29, 0.717) is 30.7 Å². The maximum absolute atomic E-state index is 12.8. The number of nitrogens with one attached hydrogen (secondary N) is 2. The molecule has 0 spiro atoms. The van der Waals surface area contributed by atoms with Crippen molar-refractivity contribution in [2.45, 2.75) is 60.0 Å². The van der Waals surface area contributed by atoms with E-state index < -0.39 is 0 Å². The second-order valence-electron chi connectivity index (χ2n) is 9.46. The Morgan fingerprint density at radius 2 is 2.18 bits per heavy atom. The van der Waals surface area contributed by atoms with Crippen LogP contribution in [0.5, 0.6) is 0 Å². The number of hydrogen-bond acceptors (Lipinski definition) is 7. The first-order valence-electron chi connectivity index (χ1n) is 12.5. The number of hydrogen-bond donors (Lipinski definition) is 2. The molecule has 2 aliphatic heterocycles. The molecule has 8 heteroatoms. The van der Waals surface area contributed by atoms with Gasteiger partial charge >= 0.3 is 0 Å². The van der Waals surface area contributed by atoms with Gasteiger partial charge in [0, 0.05) is 57.3 Å². The Morgan fingerprint density at radius 3 is 2.82 bits per heavy atom. The van der Waals surface area contributed by atoms with Crippen molar-refractivity contribution in [2.75, 3.05) is 33.4 Å². The average Bonchev–Trinajstić information content (AvgIpc) is 3.23. The maximum Gasteiger partial charge on any atom is 0.276 e. The lowest BCUT2D eigenvalue weighted by Gasteiger charge is -2.33. The fourth-order valence-electron chi connectivity index (χ4n) is 4.14. The molecule has 0 radical (unpaired) electrons. The van der Waals surface area contributed by atoms with Crippen LogP contribution >= 0.6 is 0 Å². The van der Waals surface area contributed by atoms with Crippen molar-refractivity contribution in [3.63, 3.8) is 0 Å². The molecule has 34 heavy (non-hydrogen) atoms. The first-order chi connectivity index (χ1) is 16.3. The molecule has 190 valence electrons. The Morgan fingerprint density at radius 1 is 1.41 bits per heavy atom. The third kappa shape index (κ3) is 8.09. The van der Waals surface area contributed by atoms with Gasteiger partial charge < -0.3 is 20.3 Å². The Bertz CT molecular complexity index is 801. The summed E-state index contributed by atoms with van der Waals surface area (Å²) in [6, 6.07) is 0. The van der Waals surface area contributed by atoms with Crippen molar-refractivity contribution in [1.82, 2.24) is 20.5 Å². The number of hydrazone groups is 1. The quantitative estimate of drug-likeness (QED) is 0.281. The topological polar surface area (TPSA) is 81.6 Å². The number of amides is 1.